The van der Waals surface area contributed by atoms with Crippen molar-refractivity contribution in [2.45, 2.75) is 50.6 Å². The molecule has 2 unspecified atom stereocenters. The van der Waals surface area contributed by atoms with Crippen LogP contribution < -0.4 is 10.6 Å². The molecule has 3 heterocycles. The summed E-state index contributed by atoms with van der Waals surface area (Å²) in [4.78, 5) is 14.8. The van der Waals surface area contributed by atoms with Crippen molar-refractivity contribution in [3.05, 3.63) is 0 Å². The zero-order valence-corrected chi connectivity index (χ0v) is 13.6. The van der Waals surface area contributed by atoms with E-state index in [1.54, 1.807) is 0 Å². The minimum atomic E-state index is 0. The lowest BCUT2D eigenvalue weighted by Gasteiger charge is -2.36. The zero-order valence-electron chi connectivity index (χ0n) is 12.0. The SMILES string of the molecule is Cl.Cl.O=C(NC1CCN2CCCC2C1)[C@@H]1CCCNC1. The molecular weight excluding hydrogens is 297 g/mol. The second-order valence-electron chi connectivity index (χ2n) is 6.11. The first-order chi connectivity index (χ1) is 8.83. The molecule has 0 aromatic rings. The summed E-state index contributed by atoms with van der Waals surface area (Å²) in [5, 5.41) is 6.62. The summed E-state index contributed by atoms with van der Waals surface area (Å²) in [6, 6.07) is 1.17. The maximum absolute atomic E-state index is 12.2. The minimum Gasteiger partial charge on any atom is -0.353 e. The van der Waals surface area contributed by atoms with Crippen LogP contribution in [0.4, 0.5) is 0 Å². The van der Waals surface area contributed by atoms with Crippen LogP contribution in [0.1, 0.15) is 38.5 Å². The molecule has 118 valence electrons. The summed E-state index contributed by atoms with van der Waals surface area (Å²) in [6.07, 6.45) is 7.18. The van der Waals surface area contributed by atoms with E-state index < -0.39 is 0 Å². The molecule has 0 spiro atoms. The fourth-order valence-electron chi connectivity index (χ4n) is 3.75. The number of carbonyl (C=O) groups excluding carboxylic acids is 1. The highest BCUT2D eigenvalue weighted by atomic mass is 35.5. The number of nitrogens with zero attached hydrogens (tertiary/aromatic N) is 1. The highest BCUT2D eigenvalue weighted by Crippen LogP contribution is 2.27. The van der Waals surface area contributed by atoms with Crippen molar-refractivity contribution in [3.63, 3.8) is 0 Å². The van der Waals surface area contributed by atoms with Gasteiger partial charge in [0.25, 0.3) is 0 Å². The lowest BCUT2D eigenvalue weighted by atomic mass is 9.95. The first-order valence-electron chi connectivity index (χ1n) is 7.58. The number of fused-ring (bicyclic) bond motifs is 1. The molecule has 4 nitrogen and oxygen atoms in total. The summed E-state index contributed by atoms with van der Waals surface area (Å²) < 4.78 is 0. The van der Waals surface area contributed by atoms with Gasteiger partial charge in [-0.15, -0.1) is 24.8 Å². The van der Waals surface area contributed by atoms with Crippen molar-refractivity contribution in [3.8, 4) is 0 Å². The van der Waals surface area contributed by atoms with Crippen LogP contribution in [-0.2, 0) is 4.79 Å². The Morgan fingerprint density at radius 1 is 1.10 bits per heavy atom. The largest absolute Gasteiger partial charge is 0.353 e. The average Bonchev–Trinajstić information content (AvgIpc) is 2.87. The molecule has 0 bridgehead atoms. The molecule has 3 aliphatic rings. The molecule has 20 heavy (non-hydrogen) atoms. The van der Waals surface area contributed by atoms with Crippen molar-refractivity contribution >= 4 is 30.7 Å². The topological polar surface area (TPSA) is 44.4 Å². The van der Waals surface area contributed by atoms with Crippen molar-refractivity contribution in [1.29, 1.82) is 0 Å². The number of halogens is 2. The Morgan fingerprint density at radius 3 is 2.70 bits per heavy atom. The van der Waals surface area contributed by atoms with Gasteiger partial charge >= 0.3 is 0 Å². The summed E-state index contributed by atoms with van der Waals surface area (Å²) >= 11 is 0. The Morgan fingerprint density at radius 2 is 1.95 bits per heavy atom. The van der Waals surface area contributed by atoms with Gasteiger partial charge in [-0.3, -0.25) is 4.79 Å². The van der Waals surface area contributed by atoms with E-state index in [9.17, 15) is 4.79 Å². The Hall–Kier alpha value is -0.0300. The molecular formula is C14H27Cl2N3O. The molecule has 0 aromatic carbocycles. The Balaban J connectivity index is 0.000001000. The van der Waals surface area contributed by atoms with Gasteiger partial charge in [-0.2, -0.15) is 0 Å². The summed E-state index contributed by atoms with van der Waals surface area (Å²) in [7, 11) is 0. The van der Waals surface area contributed by atoms with Crippen LogP contribution in [0.5, 0.6) is 0 Å². The highest BCUT2D eigenvalue weighted by molar-refractivity contribution is 5.85. The second-order valence-corrected chi connectivity index (χ2v) is 6.11. The third-order valence-electron chi connectivity index (χ3n) is 4.83. The van der Waals surface area contributed by atoms with Gasteiger partial charge in [0.1, 0.15) is 0 Å². The number of carbonyl (C=O) groups is 1. The highest BCUT2D eigenvalue weighted by Gasteiger charge is 2.33. The smallest absolute Gasteiger partial charge is 0.224 e. The van der Waals surface area contributed by atoms with Crippen LogP contribution in [0.3, 0.4) is 0 Å². The molecule has 0 aliphatic carbocycles. The summed E-state index contributed by atoms with van der Waals surface area (Å²) in [5.74, 6) is 0.499. The summed E-state index contributed by atoms with van der Waals surface area (Å²) in [5.41, 5.74) is 0. The molecule has 3 aliphatic heterocycles. The molecule has 3 rings (SSSR count). The van der Waals surface area contributed by atoms with Gasteiger partial charge in [-0.25, -0.2) is 0 Å². The van der Waals surface area contributed by atoms with E-state index in [0.29, 0.717) is 11.9 Å². The number of rotatable bonds is 2. The van der Waals surface area contributed by atoms with E-state index in [1.165, 1.54) is 32.4 Å². The van der Waals surface area contributed by atoms with Crippen LogP contribution in [0.15, 0.2) is 0 Å². The van der Waals surface area contributed by atoms with E-state index in [4.69, 9.17) is 0 Å². The van der Waals surface area contributed by atoms with Crippen LogP contribution in [0, 0.1) is 5.92 Å². The maximum atomic E-state index is 12.2. The molecule has 3 fully saturated rings. The van der Waals surface area contributed by atoms with Gasteiger partial charge in [0, 0.05) is 25.2 Å². The fraction of sp³-hybridized carbons (Fsp3) is 0.929. The number of piperidine rings is 2. The molecule has 0 saturated carbocycles. The summed E-state index contributed by atoms with van der Waals surface area (Å²) in [6.45, 7) is 4.40. The van der Waals surface area contributed by atoms with Gasteiger partial charge in [-0.05, 0) is 51.6 Å². The number of nitrogens with one attached hydrogen (secondary N) is 2. The third-order valence-corrected chi connectivity index (χ3v) is 4.83. The van der Waals surface area contributed by atoms with E-state index in [0.717, 1.165) is 38.4 Å². The molecule has 6 heteroatoms. The monoisotopic (exact) mass is 323 g/mol. The van der Waals surface area contributed by atoms with Gasteiger partial charge in [0.2, 0.25) is 5.91 Å². The third kappa shape index (κ3) is 4.23. The van der Waals surface area contributed by atoms with E-state index in [-0.39, 0.29) is 30.7 Å². The maximum Gasteiger partial charge on any atom is 0.224 e. The normalized spacial score (nSPS) is 33.5. The first kappa shape index (κ1) is 18.0. The van der Waals surface area contributed by atoms with Crippen molar-refractivity contribution in [1.82, 2.24) is 15.5 Å². The van der Waals surface area contributed by atoms with Gasteiger partial charge < -0.3 is 15.5 Å². The van der Waals surface area contributed by atoms with E-state index in [1.807, 2.05) is 0 Å². The second kappa shape index (κ2) is 8.42. The van der Waals surface area contributed by atoms with Crippen LogP contribution >= 0.6 is 24.8 Å². The molecule has 2 N–H and O–H groups in total. The number of hydrogen-bond donors (Lipinski definition) is 2. The minimum absolute atomic E-state index is 0. The lowest BCUT2D eigenvalue weighted by molar-refractivity contribution is -0.126. The van der Waals surface area contributed by atoms with Crippen molar-refractivity contribution in [2.75, 3.05) is 26.2 Å². The Kier molecular flexibility index (Phi) is 7.59. The number of amides is 1. The fourth-order valence-corrected chi connectivity index (χ4v) is 3.75. The Bertz CT molecular complexity index is 311. The van der Waals surface area contributed by atoms with Crippen molar-refractivity contribution < 1.29 is 4.79 Å². The predicted molar refractivity (Wildman–Crippen MR) is 85.8 cm³/mol. The molecule has 3 saturated heterocycles. The Labute approximate surface area is 134 Å². The number of hydrogen-bond acceptors (Lipinski definition) is 3. The molecule has 0 aromatic heterocycles. The van der Waals surface area contributed by atoms with Crippen LogP contribution in [-0.4, -0.2) is 49.1 Å². The molecule has 0 radical (unpaired) electrons. The van der Waals surface area contributed by atoms with Crippen LogP contribution in [0.2, 0.25) is 0 Å². The van der Waals surface area contributed by atoms with E-state index in [2.05, 4.69) is 15.5 Å². The first-order valence-corrected chi connectivity index (χ1v) is 7.58. The van der Waals surface area contributed by atoms with Crippen molar-refractivity contribution in [2.24, 2.45) is 5.92 Å². The lowest BCUT2D eigenvalue weighted by Crippen LogP contribution is -2.50. The van der Waals surface area contributed by atoms with Gasteiger partial charge in [0.05, 0.1) is 5.92 Å². The zero-order chi connectivity index (χ0) is 12.4. The quantitative estimate of drug-likeness (QED) is 0.810. The standard InChI is InChI=1S/C14H25N3O.2ClH/c18-14(11-3-1-6-15-10-11)16-12-5-8-17-7-2-4-13(17)9-12;;/h11-13,15H,1-10H2,(H,16,18);2*1H/t11-,12?,13?;;/m1../s1. The van der Waals surface area contributed by atoms with Crippen LogP contribution in [0.25, 0.3) is 0 Å². The molecule has 1 amide bonds. The average molecular weight is 324 g/mol. The van der Waals surface area contributed by atoms with E-state index >= 15 is 0 Å². The predicted octanol–water partition coefficient (Wildman–Crippen LogP) is 1.57. The van der Waals surface area contributed by atoms with Gasteiger partial charge in [-0.1, -0.05) is 0 Å². The molecule has 3 atom stereocenters. The van der Waals surface area contributed by atoms with Gasteiger partial charge in [0.15, 0.2) is 0 Å².